The molecule has 42 heavy (non-hydrogen) atoms. The van der Waals surface area contributed by atoms with Crippen molar-refractivity contribution >= 4 is 46.8 Å². The SMILES string of the molecule is CCCCCCCCCCCCCCCCCC1CC(=O)N(c2c(N3C(=O)CCC3=O)ccc3c2C(=O)NC3=O)C1=O. The second-order valence-corrected chi connectivity index (χ2v) is 12.0. The first-order valence-electron chi connectivity index (χ1n) is 16.1. The maximum absolute atomic E-state index is 13.5. The second kappa shape index (κ2) is 15.2. The summed E-state index contributed by atoms with van der Waals surface area (Å²) < 4.78 is 0. The lowest BCUT2D eigenvalue weighted by Crippen LogP contribution is -2.36. The van der Waals surface area contributed by atoms with Crippen molar-refractivity contribution in [3.63, 3.8) is 0 Å². The minimum Gasteiger partial charge on any atom is -0.288 e. The van der Waals surface area contributed by atoms with Crippen molar-refractivity contribution in [1.82, 2.24) is 5.32 Å². The molecule has 4 rings (SSSR count). The molecule has 6 amide bonds. The highest BCUT2D eigenvalue weighted by atomic mass is 16.2. The van der Waals surface area contributed by atoms with Crippen molar-refractivity contribution in [2.45, 2.75) is 129 Å². The molecule has 228 valence electrons. The Morgan fingerprint density at radius 3 is 1.71 bits per heavy atom. The van der Waals surface area contributed by atoms with Gasteiger partial charge in [-0.15, -0.1) is 0 Å². The van der Waals surface area contributed by atoms with Gasteiger partial charge in [0.25, 0.3) is 11.8 Å². The maximum atomic E-state index is 13.5. The third-order valence-corrected chi connectivity index (χ3v) is 8.77. The number of carbonyl (C=O) groups excluding carboxylic acids is 6. The fourth-order valence-corrected chi connectivity index (χ4v) is 6.40. The lowest BCUT2D eigenvalue weighted by Gasteiger charge is -2.25. The summed E-state index contributed by atoms with van der Waals surface area (Å²) >= 11 is 0. The molecule has 2 saturated heterocycles. The van der Waals surface area contributed by atoms with Gasteiger partial charge in [-0.25, -0.2) is 9.80 Å². The van der Waals surface area contributed by atoms with E-state index in [1.165, 1.54) is 89.2 Å². The number of unbranched alkanes of at least 4 members (excludes halogenated alkanes) is 14. The fourth-order valence-electron chi connectivity index (χ4n) is 6.40. The average Bonchev–Trinajstić information content (AvgIpc) is 3.56. The van der Waals surface area contributed by atoms with Crippen LogP contribution >= 0.6 is 0 Å². The topological polar surface area (TPSA) is 121 Å². The number of hydrogen-bond donors (Lipinski definition) is 1. The number of carbonyl (C=O) groups is 6. The largest absolute Gasteiger partial charge is 0.288 e. The van der Waals surface area contributed by atoms with Gasteiger partial charge in [-0.3, -0.25) is 34.1 Å². The fraction of sp³-hybridized carbons (Fsp3) is 0.636. The van der Waals surface area contributed by atoms with Gasteiger partial charge in [0.2, 0.25) is 23.6 Å². The molecule has 0 saturated carbocycles. The Bertz CT molecular complexity index is 1190. The molecular weight excluding hydrogens is 534 g/mol. The van der Waals surface area contributed by atoms with Gasteiger partial charge in [0.15, 0.2) is 0 Å². The van der Waals surface area contributed by atoms with Crippen LogP contribution < -0.4 is 15.1 Å². The van der Waals surface area contributed by atoms with Gasteiger partial charge in [0.1, 0.15) is 0 Å². The predicted octanol–water partition coefficient (Wildman–Crippen LogP) is 6.36. The summed E-state index contributed by atoms with van der Waals surface area (Å²) in [5, 5.41) is 2.20. The monoisotopic (exact) mass is 579 g/mol. The highest BCUT2D eigenvalue weighted by Gasteiger charge is 2.46. The van der Waals surface area contributed by atoms with Crippen molar-refractivity contribution in [2.24, 2.45) is 5.92 Å². The van der Waals surface area contributed by atoms with Gasteiger partial charge in [0, 0.05) is 25.2 Å². The summed E-state index contributed by atoms with van der Waals surface area (Å²) in [5.74, 6) is -3.82. The van der Waals surface area contributed by atoms with E-state index in [-0.39, 0.29) is 41.8 Å². The zero-order valence-electron chi connectivity index (χ0n) is 25.0. The number of rotatable bonds is 18. The standard InChI is InChI=1S/C33H45N3O6/c1-2-3-4-5-6-7-8-9-10-11-12-13-14-15-16-17-23-22-28(39)36(33(23)42)30-25(35-26(37)20-21-27(35)38)19-18-24-29(30)32(41)34-31(24)40/h18-19,23H,2-17,20-22H2,1H3,(H,34,40,41). The Labute approximate surface area is 248 Å². The van der Waals surface area contributed by atoms with E-state index in [0.29, 0.717) is 6.42 Å². The molecule has 0 bridgehead atoms. The molecule has 0 aliphatic carbocycles. The molecule has 3 aliphatic heterocycles. The second-order valence-electron chi connectivity index (χ2n) is 12.0. The van der Waals surface area contributed by atoms with E-state index in [1.54, 1.807) is 0 Å². The van der Waals surface area contributed by atoms with E-state index in [1.807, 2.05) is 0 Å². The summed E-state index contributed by atoms with van der Waals surface area (Å²) in [7, 11) is 0. The number of hydrogen-bond acceptors (Lipinski definition) is 6. The van der Waals surface area contributed by atoms with Crippen LogP contribution in [0.4, 0.5) is 11.4 Å². The molecule has 1 unspecified atom stereocenters. The Hall–Kier alpha value is -3.36. The van der Waals surface area contributed by atoms with Crippen LogP contribution in [0.15, 0.2) is 12.1 Å². The number of nitrogens with one attached hydrogen (secondary N) is 1. The Balaban J connectivity index is 1.25. The average molecular weight is 580 g/mol. The van der Waals surface area contributed by atoms with Crippen LogP contribution in [0.2, 0.25) is 0 Å². The Morgan fingerprint density at radius 1 is 0.643 bits per heavy atom. The molecule has 1 N–H and O–H groups in total. The van der Waals surface area contributed by atoms with Gasteiger partial charge < -0.3 is 0 Å². The first kappa shape index (κ1) is 31.6. The van der Waals surface area contributed by atoms with Crippen LogP contribution in [0.25, 0.3) is 0 Å². The Kier molecular flexibility index (Phi) is 11.4. The molecule has 0 radical (unpaired) electrons. The molecule has 9 heteroatoms. The van der Waals surface area contributed by atoms with Crippen LogP contribution in [0.3, 0.4) is 0 Å². The van der Waals surface area contributed by atoms with Crippen LogP contribution in [0, 0.1) is 5.92 Å². The predicted molar refractivity (Wildman–Crippen MR) is 160 cm³/mol. The van der Waals surface area contributed by atoms with Gasteiger partial charge in [-0.2, -0.15) is 0 Å². The van der Waals surface area contributed by atoms with Gasteiger partial charge in [0.05, 0.1) is 22.5 Å². The molecule has 2 fully saturated rings. The van der Waals surface area contributed by atoms with E-state index in [4.69, 9.17) is 0 Å². The van der Waals surface area contributed by atoms with Crippen molar-refractivity contribution in [3.8, 4) is 0 Å². The summed E-state index contributed by atoms with van der Waals surface area (Å²) in [5.41, 5.74) is -0.252. The van der Waals surface area contributed by atoms with Gasteiger partial charge >= 0.3 is 0 Å². The summed E-state index contributed by atoms with van der Waals surface area (Å²) in [6, 6.07) is 2.72. The molecular formula is C33H45N3O6. The minimum absolute atomic E-state index is 0.000392. The molecule has 9 nitrogen and oxygen atoms in total. The zero-order chi connectivity index (χ0) is 30.1. The maximum Gasteiger partial charge on any atom is 0.261 e. The van der Waals surface area contributed by atoms with Crippen LogP contribution in [0.1, 0.15) is 150 Å². The van der Waals surface area contributed by atoms with Crippen molar-refractivity contribution in [3.05, 3.63) is 23.3 Å². The van der Waals surface area contributed by atoms with Crippen LogP contribution in [-0.4, -0.2) is 35.4 Å². The number of nitrogens with zero attached hydrogens (tertiary/aromatic N) is 2. The summed E-state index contributed by atoms with van der Waals surface area (Å²) in [4.78, 5) is 78.7. The van der Waals surface area contributed by atoms with Crippen molar-refractivity contribution in [2.75, 3.05) is 9.80 Å². The number of fused-ring (bicyclic) bond motifs is 1. The molecule has 3 heterocycles. The van der Waals surface area contributed by atoms with E-state index in [0.717, 1.165) is 29.1 Å². The van der Waals surface area contributed by atoms with Gasteiger partial charge in [-0.05, 0) is 18.6 Å². The first-order valence-corrected chi connectivity index (χ1v) is 16.1. The highest BCUT2D eigenvalue weighted by molar-refractivity contribution is 6.33. The van der Waals surface area contributed by atoms with E-state index >= 15 is 0 Å². The molecule has 1 aromatic rings. The minimum atomic E-state index is -0.752. The van der Waals surface area contributed by atoms with E-state index < -0.39 is 41.4 Å². The highest BCUT2D eigenvalue weighted by Crippen LogP contribution is 2.42. The van der Waals surface area contributed by atoms with Crippen LogP contribution in [-0.2, 0) is 19.2 Å². The zero-order valence-corrected chi connectivity index (χ0v) is 25.0. The lowest BCUT2D eigenvalue weighted by molar-refractivity contribution is -0.123. The lowest BCUT2D eigenvalue weighted by atomic mass is 9.98. The number of imide groups is 3. The first-order chi connectivity index (χ1) is 20.3. The number of anilines is 2. The summed E-state index contributed by atoms with van der Waals surface area (Å²) in [6.07, 6.45) is 19.2. The van der Waals surface area contributed by atoms with E-state index in [9.17, 15) is 28.8 Å². The molecule has 1 atom stereocenters. The number of amides is 6. The third kappa shape index (κ3) is 7.34. The van der Waals surface area contributed by atoms with E-state index in [2.05, 4.69) is 12.2 Å². The van der Waals surface area contributed by atoms with Gasteiger partial charge in [-0.1, -0.05) is 103 Å². The molecule has 1 aromatic carbocycles. The quantitative estimate of drug-likeness (QED) is 0.159. The molecule has 0 aromatic heterocycles. The van der Waals surface area contributed by atoms with Crippen molar-refractivity contribution < 1.29 is 28.8 Å². The van der Waals surface area contributed by atoms with Crippen LogP contribution in [0.5, 0.6) is 0 Å². The molecule has 3 aliphatic rings. The third-order valence-electron chi connectivity index (χ3n) is 8.77. The number of benzene rings is 1. The normalized spacial score (nSPS) is 18.5. The molecule has 0 spiro atoms. The Morgan fingerprint density at radius 2 is 1.17 bits per heavy atom. The smallest absolute Gasteiger partial charge is 0.261 e. The summed E-state index contributed by atoms with van der Waals surface area (Å²) in [6.45, 7) is 2.25. The van der Waals surface area contributed by atoms with Crippen molar-refractivity contribution in [1.29, 1.82) is 0 Å².